The van der Waals surface area contributed by atoms with Gasteiger partial charge in [0.1, 0.15) is 0 Å². The highest BCUT2D eigenvalue weighted by Gasteiger charge is 2.11. The molecule has 2 N–H and O–H groups in total. The van der Waals surface area contributed by atoms with Crippen LogP contribution >= 0.6 is 15.9 Å². The molecule has 0 radical (unpaired) electrons. The lowest BCUT2D eigenvalue weighted by Crippen LogP contribution is -2.26. The molecule has 0 aliphatic rings. The normalized spacial score (nSPS) is 9.94. The Morgan fingerprint density at radius 2 is 1.89 bits per heavy atom. The first-order valence-corrected chi connectivity index (χ1v) is 6.51. The van der Waals surface area contributed by atoms with Crippen LogP contribution in [0.15, 0.2) is 12.1 Å². The van der Waals surface area contributed by atoms with Crippen molar-refractivity contribution in [1.82, 2.24) is 5.32 Å². The van der Waals surface area contributed by atoms with Gasteiger partial charge in [-0.3, -0.25) is 4.79 Å². The van der Waals surface area contributed by atoms with Crippen molar-refractivity contribution in [2.75, 3.05) is 26.1 Å². The molecule has 0 bridgehead atoms. The zero-order valence-electron chi connectivity index (χ0n) is 10.3. The van der Waals surface area contributed by atoms with E-state index >= 15 is 0 Å². The van der Waals surface area contributed by atoms with E-state index in [4.69, 9.17) is 9.47 Å². The lowest BCUT2D eigenvalue weighted by molar-refractivity contribution is -0.118. The van der Waals surface area contributed by atoms with Gasteiger partial charge in [-0.25, -0.2) is 0 Å². The van der Waals surface area contributed by atoms with Crippen molar-refractivity contribution < 1.29 is 19.4 Å². The van der Waals surface area contributed by atoms with Crippen LogP contribution in [0, 0.1) is 0 Å². The minimum absolute atomic E-state index is 0.0201. The number of nitrogens with one attached hydrogen (secondary N) is 1. The Morgan fingerprint density at radius 1 is 1.33 bits per heavy atom. The predicted molar refractivity (Wildman–Crippen MR) is 71.7 cm³/mol. The summed E-state index contributed by atoms with van der Waals surface area (Å²) in [6.45, 7) is 0.515. The highest BCUT2D eigenvalue weighted by Crippen LogP contribution is 2.37. The number of phenols is 1. The molecule has 1 amide bonds. The fourth-order valence-corrected chi connectivity index (χ4v) is 1.68. The predicted octanol–water partition coefficient (Wildman–Crippen LogP) is 1.46. The molecule has 0 atom stereocenters. The number of rotatable bonds is 6. The third-order valence-corrected chi connectivity index (χ3v) is 2.91. The van der Waals surface area contributed by atoms with Crippen LogP contribution in [-0.2, 0) is 11.2 Å². The Bertz CT molecular complexity index is 398. The number of carbonyl (C=O) groups excluding carboxylic acids is 1. The molecule has 0 aliphatic heterocycles. The first-order chi connectivity index (χ1) is 8.62. The summed E-state index contributed by atoms with van der Waals surface area (Å²) in [5.41, 5.74) is 0.913. The monoisotopic (exact) mass is 317 g/mol. The number of halogens is 1. The molecule has 1 rings (SSSR count). The minimum atomic E-state index is -0.0623. The van der Waals surface area contributed by atoms with Gasteiger partial charge >= 0.3 is 0 Å². The third kappa shape index (κ3) is 3.80. The number of carbonyl (C=O) groups is 1. The molecule has 0 unspecified atom stereocenters. The van der Waals surface area contributed by atoms with Crippen molar-refractivity contribution in [2.45, 2.75) is 6.42 Å². The van der Waals surface area contributed by atoms with E-state index in [1.54, 1.807) is 12.1 Å². The van der Waals surface area contributed by atoms with Gasteiger partial charge < -0.3 is 19.9 Å². The number of amides is 1. The van der Waals surface area contributed by atoms with Crippen molar-refractivity contribution in [1.29, 1.82) is 0 Å². The summed E-state index contributed by atoms with van der Waals surface area (Å²) in [5, 5.41) is 12.8. The number of phenolic OH excluding ortho intramolecular Hbond substituents is 1. The second-order valence-corrected chi connectivity index (χ2v) is 4.14. The molecule has 18 heavy (non-hydrogen) atoms. The summed E-state index contributed by atoms with van der Waals surface area (Å²) in [7, 11) is 2.95. The highest BCUT2D eigenvalue weighted by molar-refractivity contribution is 9.09. The molecule has 0 fully saturated rings. The van der Waals surface area contributed by atoms with Crippen molar-refractivity contribution in [2.24, 2.45) is 0 Å². The fourth-order valence-electron chi connectivity index (χ4n) is 1.49. The lowest BCUT2D eigenvalue weighted by atomic mass is 10.1. The topological polar surface area (TPSA) is 67.8 Å². The first kappa shape index (κ1) is 14.6. The smallest absolute Gasteiger partial charge is 0.230 e. The quantitative estimate of drug-likeness (QED) is 0.780. The van der Waals surface area contributed by atoms with Gasteiger partial charge in [0.2, 0.25) is 11.7 Å². The molecule has 0 saturated carbocycles. The molecule has 0 aliphatic carbocycles. The standard InChI is InChI=1S/C12H16BrNO4/c1-17-9-5-8(3-4-14-11(15)7-13)6-10(18-2)12(9)16/h5-6,16H,3-4,7H2,1-2H3,(H,14,15). The highest BCUT2D eigenvalue weighted by atomic mass is 79.9. The zero-order valence-corrected chi connectivity index (χ0v) is 11.9. The van der Waals surface area contributed by atoms with E-state index < -0.39 is 0 Å². The van der Waals surface area contributed by atoms with E-state index in [0.29, 0.717) is 24.5 Å². The number of benzene rings is 1. The Balaban J connectivity index is 2.74. The van der Waals surface area contributed by atoms with E-state index in [1.807, 2.05) is 0 Å². The van der Waals surface area contributed by atoms with Crippen LogP contribution in [-0.4, -0.2) is 37.1 Å². The fraction of sp³-hybridized carbons (Fsp3) is 0.417. The van der Waals surface area contributed by atoms with E-state index in [0.717, 1.165) is 5.56 Å². The van der Waals surface area contributed by atoms with Crippen molar-refractivity contribution in [3.8, 4) is 17.2 Å². The maximum atomic E-state index is 11.1. The summed E-state index contributed by atoms with van der Waals surface area (Å²) < 4.78 is 10.1. The Hall–Kier alpha value is -1.43. The number of hydrogen-bond donors (Lipinski definition) is 2. The summed E-state index contributed by atoms with van der Waals surface area (Å²) in [6.07, 6.45) is 0.631. The van der Waals surface area contributed by atoms with Gasteiger partial charge in [0, 0.05) is 6.54 Å². The first-order valence-electron chi connectivity index (χ1n) is 5.39. The average Bonchev–Trinajstić information content (AvgIpc) is 2.39. The van der Waals surface area contributed by atoms with E-state index in [1.165, 1.54) is 14.2 Å². The van der Waals surface area contributed by atoms with Crippen LogP contribution in [0.2, 0.25) is 0 Å². The second-order valence-electron chi connectivity index (χ2n) is 3.58. The third-order valence-electron chi connectivity index (χ3n) is 2.40. The lowest BCUT2D eigenvalue weighted by Gasteiger charge is -2.11. The molecule has 0 heterocycles. The van der Waals surface area contributed by atoms with Crippen LogP contribution in [0.4, 0.5) is 0 Å². The van der Waals surface area contributed by atoms with Gasteiger partial charge in [0.05, 0.1) is 19.5 Å². The summed E-state index contributed by atoms with van der Waals surface area (Å²) in [4.78, 5) is 11.1. The second kappa shape index (κ2) is 7.10. The Kier molecular flexibility index (Phi) is 5.77. The van der Waals surface area contributed by atoms with Gasteiger partial charge in [-0.15, -0.1) is 0 Å². The van der Waals surface area contributed by atoms with E-state index in [9.17, 15) is 9.90 Å². The molecule has 0 spiro atoms. The largest absolute Gasteiger partial charge is 0.502 e. The van der Waals surface area contributed by atoms with Gasteiger partial charge in [0.15, 0.2) is 11.5 Å². The number of alkyl halides is 1. The SMILES string of the molecule is COc1cc(CCNC(=O)CBr)cc(OC)c1O. The van der Waals surface area contributed by atoms with Gasteiger partial charge in [-0.05, 0) is 24.1 Å². The Labute approximate surface area is 114 Å². The summed E-state index contributed by atoms with van der Waals surface area (Å²) >= 11 is 3.07. The van der Waals surface area contributed by atoms with E-state index in [-0.39, 0.29) is 17.0 Å². The molecule has 100 valence electrons. The van der Waals surface area contributed by atoms with Gasteiger partial charge in [0.25, 0.3) is 0 Å². The molecule has 0 aromatic heterocycles. The summed E-state index contributed by atoms with van der Waals surface area (Å²) in [6, 6.07) is 3.44. The van der Waals surface area contributed by atoms with Crippen molar-refractivity contribution in [3.63, 3.8) is 0 Å². The maximum Gasteiger partial charge on any atom is 0.230 e. The van der Waals surface area contributed by atoms with Crippen LogP contribution < -0.4 is 14.8 Å². The molecule has 6 heteroatoms. The molecule has 5 nitrogen and oxygen atoms in total. The van der Waals surface area contributed by atoms with Crippen LogP contribution in [0.25, 0.3) is 0 Å². The van der Waals surface area contributed by atoms with Crippen molar-refractivity contribution >= 4 is 21.8 Å². The molecular weight excluding hydrogens is 302 g/mol. The zero-order chi connectivity index (χ0) is 13.5. The minimum Gasteiger partial charge on any atom is -0.502 e. The van der Waals surface area contributed by atoms with Crippen LogP contribution in [0.5, 0.6) is 17.2 Å². The van der Waals surface area contributed by atoms with Gasteiger partial charge in [-0.2, -0.15) is 0 Å². The molecule has 0 saturated heterocycles. The molecule has 1 aromatic rings. The van der Waals surface area contributed by atoms with E-state index in [2.05, 4.69) is 21.2 Å². The van der Waals surface area contributed by atoms with Gasteiger partial charge in [-0.1, -0.05) is 15.9 Å². The molecular formula is C12H16BrNO4. The number of ether oxygens (including phenoxy) is 2. The number of methoxy groups -OCH3 is 2. The summed E-state index contributed by atoms with van der Waals surface area (Å²) in [5.74, 6) is 0.633. The van der Waals surface area contributed by atoms with Crippen molar-refractivity contribution in [3.05, 3.63) is 17.7 Å². The number of aromatic hydroxyl groups is 1. The molecule has 1 aromatic carbocycles. The number of hydrogen-bond acceptors (Lipinski definition) is 4. The van der Waals surface area contributed by atoms with Crippen LogP contribution in [0.3, 0.4) is 0 Å². The Morgan fingerprint density at radius 3 is 2.33 bits per heavy atom. The van der Waals surface area contributed by atoms with Crippen LogP contribution in [0.1, 0.15) is 5.56 Å². The average molecular weight is 318 g/mol. The maximum absolute atomic E-state index is 11.1.